The highest BCUT2D eigenvalue weighted by Gasteiger charge is 2.48. The molecule has 2 aromatic rings. The topological polar surface area (TPSA) is 20.2 Å². The van der Waals surface area contributed by atoms with Crippen molar-refractivity contribution in [2.24, 2.45) is 5.92 Å². The van der Waals surface area contributed by atoms with Gasteiger partial charge in [0.15, 0.2) is 0 Å². The average Bonchev–Trinajstić information content (AvgIpc) is 3.16. The lowest BCUT2D eigenvalue weighted by Gasteiger charge is -2.15. The second-order valence-corrected chi connectivity index (χ2v) is 6.83. The summed E-state index contributed by atoms with van der Waals surface area (Å²) in [5.41, 5.74) is 4.84. The summed E-state index contributed by atoms with van der Waals surface area (Å²) in [6.07, 6.45) is 6.32. The van der Waals surface area contributed by atoms with Crippen LogP contribution in [0, 0.1) is 5.92 Å². The third-order valence-electron chi connectivity index (χ3n) is 5.20. The Morgan fingerprint density at radius 2 is 1.87 bits per heavy atom. The zero-order valence-electron chi connectivity index (χ0n) is 13.9. The summed E-state index contributed by atoms with van der Waals surface area (Å²) < 4.78 is 0. The molecule has 0 spiro atoms. The van der Waals surface area contributed by atoms with Crippen molar-refractivity contribution < 1.29 is 5.11 Å². The first kappa shape index (κ1) is 15.6. The van der Waals surface area contributed by atoms with E-state index in [0.717, 1.165) is 23.5 Å². The van der Waals surface area contributed by atoms with Crippen LogP contribution in [-0.2, 0) is 11.8 Å². The molecule has 2 atom stereocenters. The van der Waals surface area contributed by atoms with Crippen molar-refractivity contribution >= 4 is 5.57 Å². The van der Waals surface area contributed by atoms with Crippen LogP contribution >= 0.6 is 0 Å². The van der Waals surface area contributed by atoms with Crippen molar-refractivity contribution in [2.45, 2.75) is 32.1 Å². The molecule has 0 amide bonds. The number of para-hydroxylation sites is 1. The third-order valence-corrected chi connectivity index (χ3v) is 5.20. The van der Waals surface area contributed by atoms with Gasteiger partial charge < -0.3 is 5.11 Å². The molecule has 1 N–H and O–H groups in total. The molecule has 0 radical (unpaired) electrons. The number of hydrogen-bond acceptors (Lipinski definition) is 1. The monoisotopic (exact) mass is 304 g/mol. The molecule has 0 aromatic heterocycles. The minimum Gasteiger partial charge on any atom is -0.507 e. The zero-order chi connectivity index (χ0) is 16.4. The fourth-order valence-electron chi connectivity index (χ4n) is 3.37. The van der Waals surface area contributed by atoms with E-state index in [1.807, 2.05) is 24.3 Å². The van der Waals surface area contributed by atoms with Crippen molar-refractivity contribution in [1.29, 1.82) is 0 Å². The lowest BCUT2D eigenvalue weighted by molar-refractivity contribution is 0.474. The van der Waals surface area contributed by atoms with Crippen LogP contribution in [0.15, 0.2) is 67.3 Å². The van der Waals surface area contributed by atoms with E-state index in [4.69, 9.17) is 0 Å². The van der Waals surface area contributed by atoms with Crippen molar-refractivity contribution in [3.8, 4) is 5.75 Å². The first-order valence-corrected chi connectivity index (χ1v) is 8.24. The Morgan fingerprint density at radius 3 is 2.57 bits per heavy atom. The molecule has 0 saturated heterocycles. The van der Waals surface area contributed by atoms with Crippen molar-refractivity contribution in [1.82, 2.24) is 0 Å². The summed E-state index contributed by atoms with van der Waals surface area (Å²) in [5.74, 6) is 1.05. The standard InChI is InChI=1S/C22H24O/c1-16(19-12-5-7-14-21(19)23)9-8-11-18-10-4-6-13-20(18)22(3)15-17(22)2/h4-10,12-14,17,23H,1,11,15H2,2-3H3/b9-8-. The van der Waals surface area contributed by atoms with Gasteiger partial charge in [-0.3, -0.25) is 0 Å². The smallest absolute Gasteiger partial charge is 0.123 e. The summed E-state index contributed by atoms with van der Waals surface area (Å²) >= 11 is 0. The predicted octanol–water partition coefficient (Wildman–Crippen LogP) is 5.50. The fourth-order valence-corrected chi connectivity index (χ4v) is 3.37. The Balaban J connectivity index is 1.74. The highest BCUT2D eigenvalue weighted by molar-refractivity contribution is 5.75. The molecule has 1 aliphatic rings. The molecule has 1 heteroatoms. The summed E-state index contributed by atoms with van der Waals surface area (Å²) in [6.45, 7) is 8.75. The summed E-state index contributed by atoms with van der Waals surface area (Å²) in [7, 11) is 0. The summed E-state index contributed by atoms with van der Waals surface area (Å²) in [5, 5.41) is 9.89. The molecular weight excluding hydrogens is 280 g/mol. The fraction of sp³-hybridized carbons (Fsp3) is 0.273. The van der Waals surface area contributed by atoms with Gasteiger partial charge in [0.1, 0.15) is 5.75 Å². The van der Waals surface area contributed by atoms with E-state index in [2.05, 4.69) is 50.8 Å². The lowest BCUT2D eigenvalue weighted by Crippen LogP contribution is -2.06. The van der Waals surface area contributed by atoms with Gasteiger partial charge in [-0.15, -0.1) is 0 Å². The van der Waals surface area contributed by atoms with Gasteiger partial charge in [-0.25, -0.2) is 0 Å². The quantitative estimate of drug-likeness (QED) is 0.723. The molecule has 1 aliphatic carbocycles. The molecule has 1 nitrogen and oxygen atoms in total. The van der Waals surface area contributed by atoms with E-state index < -0.39 is 0 Å². The third kappa shape index (κ3) is 3.10. The number of phenolic OH excluding ortho intramolecular Hbond substituents is 1. The maximum Gasteiger partial charge on any atom is 0.123 e. The number of benzene rings is 2. The zero-order valence-corrected chi connectivity index (χ0v) is 13.9. The van der Waals surface area contributed by atoms with Crippen molar-refractivity contribution in [2.75, 3.05) is 0 Å². The van der Waals surface area contributed by atoms with Gasteiger partial charge in [-0.2, -0.15) is 0 Å². The number of phenols is 1. The number of rotatable bonds is 5. The molecule has 1 saturated carbocycles. The maximum atomic E-state index is 9.89. The second-order valence-electron chi connectivity index (χ2n) is 6.83. The van der Waals surface area contributed by atoms with Crippen LogP contribution < -0.4 is 0 Å². The Kier molecular flexibility index (Phi) is 4.12. The van der Waals surface area contributed by atoms with Crippen LogP contribution in [0.25, 0.3) is 5.57 Å². The minimum atomic E-state index is 0.280. The number of aromatic hydroxyl groups is 1. The number of allylic oxidation sites excluding steroid dienone is 3. The largest absolute Gasteiger partial charge is 0.507 e. The van der Waals surface area contributed by atoms with Gasteiger partial charge in [-0.05, 0) is 46.9 Å². The Morgan fingerprint density at radius 1 is 1.22 bits per heavy atom. The van der Waals surface area contributed by atoms with Gasteiger partial charge in [0, 0.05) is 5.56 Å². The van der Waals surface area contributed by atoms with Crippen molar-refractivity contribution in [3.05, 3.63) is 84.0 Å². The Hall–Kier alpha value is -2.28. The number of hydrogen-bond donors (Lipinski definition) is 1. The van der Waals surface area contributed by atoms with E-state index in [9.17, 15) is 5.11 Å². The van der Waals surface area contributed by atoms with Gasteiger partial charge in [-0.1, -0.05) is 75.0 Å². The second kappa shape index (κ2) is 6.08. The Labute approximate surface area is 139 Å². The first-order chi connectivity index (χ1) is 11.0. The maximum absolute atomic E-state index is 9.89. The van der Waals surface area contributed by atoms with Crippen molar-refractivity contribution in [3.63, 3.8) is 0 Å². The predicted molar refractivity (Wildman–Crippen MR) is 97.6 cm³/mol. The minimum absolute atomic E-state index is 0.280. The van der Waals surface area contributed by atoms with Crippen LogP contribution in [0.3, 0.4) is 0 Å². The molecular formula is C22H24O. The molecule has 3 rings (SSSR count). The SMILES string of the molecule is C=C(/C=C\Cc1ccccc1C1(C)CC1C)c1ccccc1O. The highest BCUT2D eigenvalue weighted by atomic mass is 16.3. The molecule has 0 aliphatic heterocycles. The average molecular weight is 304 g/mol. The molecule has 2 aromatic carbocycles. The highest BCUT2D eigenvalue weighted by Crippen LogP contribution is 2.54. The van der Waals surface area contributed by atoms with Crippen LogP contribution in [0.2, 0.25) is 0 Å². The molecule has 23 heavy (non-hydrogen) atoms. The van der Waals surface area contributed by atoms with E-state index >= 15 is 0 Å². The van der Waals surface area contributed by atoms with E-state index in [1.54, 1.807) is 6.07 Å². The normalized spacial score (nSPS) is 23.1. The molecule has 2 unspecified atom stereocenters. The van der Waals surface area contributed by atoms with Gasteiger partial charge in [0.05, 0.1) is 0 Å². The Bertz CT molecular complexity index is 756. The van der Waals surface area contributed by atoms with Crippen LogP contribution in [0.5, 0.6) is 5.75 Å². The molecule has 0 heterocycles. The van der Waals surface area contributed by atoms with Gasteiger partial charge >= 0.3 is 0 Å². The summed E-state index contributed by atoms with van der Waals surface area (Å²) in [4.78, 5) is 0. The van der Waals surface area contributed by atoms with Crippen LogP contribution in [0.1, 0.15) is 37.0 Å². The molecule has 118 valence electrons. The first-order valence-electron chi connectivity index (χ1n) is 8.24. The van der Waals surface area contributed by atoms with E-state index in [-0.39, 0.29) is 5.75 Å². The molecule has 1 fully saturated rings. The van der Waals surface area contributed by atoms with Crippen LogP contribution in [0.4, 0.5) is 0 Å². The summed E-state index contributed by atoms with van der Waals surface area (Å²) in [6, 6.07) is 16.1. The molecule has 0 bridgehead atoms. The van der Waals surface area contributed by atoms with Gasteiger partial charge in [0.2, 0.25) is 0 Å². The van der Waals surface area contributed by atoms with Gasteiger partial charge in [0.25, 0.3) is 0 Å². The van der Waals surface area contributed by atoms with Crippen LogP contribution in [-0.4, -0.2) is 5.11 Å². The lowest BCUT2D eigenvalue weighted by atomic mass is 9.89. The van der Waals surface area contributed by atoms with E-state index in [0.29, 0.717) is 5.41 Å². The van der Waals surface area contributed by atoms with E-state index in [1.165, 1.54) is 17.5 Å².